The van der Waals surface area contributed by atoms with Crippen molar-refractivity contribution in [3.8, 4) is 11.4 Å². The number of hydrogen-bond donors (Lipinski definition) is 2. The van der Waals surface area contributed by atoms with Crippen molar-refractivity contribution in [2.75, 3.05) is 50.5 Å². The lowest BCUT2D eigenvalue weighted by Crippen LogP contribution is -2.44. The molecule has 0 saturated carbocycles. The second-order valence-electron chi connectivity index (χ2n) is 9.72. The van der Waals surface area contributed by atoms with Crippen LogP contribution in [0.2, 0.25) is 0 Å². The minimum Gasteiger partial charge on any atom is -0.368 e. The molecule has 4 heterocycles. The molecule has 1 aliphatic heterocycles. The van der Waals surface area contributed by atoms with Gasteiger partial charge in [-0.25, -0.2) is 15.0 Å². The second-order valence-corrected chi connectivity index (χ2v) is 9.72. The number of aromatic nitrogens is 5. The maximum atomic E-state index is 12.5. The van der Waals surface area contributed by atoms with Gasteiger partial charge in [0, 0.05) is 52.0 Å². The molecule has 5 rings (SSSR count). The van der Waals surface area contributed by atoms with Gasteiger partial charge in [0.05, 0.1) is 23.3 Å². The van der Waals surface area contributed by atoms with Crippen molar-refractivity contribution < 1.29 is 4.79 Å². The Kier molecular flexibility index (Phi) is 5.47. The van der Waals surface area contributed by atoms with Crippen LogP contribution < -0.4 is 15.5 Å². The van der Waals surface area contributed by atoms with Gasteiger partial charge < -0.3 is 20.4 Å². The molecule has 1 fully saturated rings. The van der Waals surface area contributed by atoms with Gasteiger partial charge in [-0.3, -0.25) is 9.48 Å². The molecule has 3 aromatic heterocycles. The lowest BCUT2D eigenvalue weighted by atomic mass is 9.73. The van der Waals surface area contributed by atoms with E-state index in [1.807, 2.05) is 25.5 Å². The van der Waals surface area contributed by atoms with Crippen LogP contribution in [-0.2, 0) is 18.9 Å². The van der Waals surface area contributed by atoms with Crippen LogP contribution in [0.3, 0.4) is 0 Å². The third kappa shape index (κ3) is 3.87. The standard InChI is InChI=1S/C24H31N9O/c1-24(2)12-15-13-27-23(29-19(15)21-18(24)20(22(34)25-3)30-32(21)5)28-17-7-6-16(14-26-17)33-10-8-31(4)9-11-33/h6-7,13-14H,8-12H2,1-5H3,(H,25,34)(H,26,27,28,29). The van der Waals surface area contributed by atoms with Gasteiger partial charge in [0.1, 0.15) is 5.82 Å². The molecule has 10 nitrogen and oxygen atoms in total. The Bertz CT molecular complexity index is 1220. The predicted octanol–water partition coefficient (Wildman–Crippen LogP) is 1.96. The van der Waals surface area contributed by atoms with Gasteiger partial charge in [0.15, 0.2) is 5.69 Å². The summed E-state index contributed by atoms with van der Waals surface area (Å²) in [4.78, 5) is 31.2. The number of amides is 1. The van der Waals surface area contributed by atoms with Gasteiger partial charge in [-0.2, -0.15) is 5.10 Å². The highest BCUT2D eigenvalue weighted by atomic mass is 16.1. The lowest BCUT2D eigenvalue weighted by molar-refractivity contribution is 0.0955. The summed E-state index contributed by atoms with van der Waals surface area (Å²) >= 11 is 0. The predicted molar refractivity (Wildman–Crippen MR) is 132 cm³/mol. The van der Waals surface area contributed by atoms with Crippen molar-refractivity contribution >= 4 is 23.4 Å². The highest BCUT2D eigenvalue weighted by Gasteiger charge is 2.39. The van der Waals surface area contributed by atoms with E-state index in [0.717, 1.165) is 60.8 Å². The molecule has 2 N–H and O–H groups in total. The van der Waals surface area contributed by atoms with Crippen LogP contribution in [0.25, 0.3) is 11.4 Å². The second kappa shape index (κ2) is 8.35. The van der Waals surface area contributed by atoms with Crippen molar-refractivity contribution in [1.29, 1.82) is 0 Å². The molecule has 0 atom stereocenters. The average molecular weight is 462 g/mol. The van der Waals surface area contributed by atoms with Crippen LogP contribution in [0, 0.1) is 0 Å². The van der Waals surface area contributed by atoms with Gasteiger partial charge >= 0.3 is 0 Å². The quantitative estimate of drug-likeness (QED) is 0.608. The molecular weight excluding hydrogens is 430 g/mol. The van der Waals surface area contributed by atoms with Gasteiger partial charge in [-0.15, -0.1) is 0 Å². The Morgan fingerprint density at radius 1 is 1.06 bits per heavy atom. The molecule has 0 aromatic carbocycles. The minimum atomic E-state index is -0.266. The maximum Gasteiger partial charge on any atom is 0.271 e. The van der Waals surface area contributed by atoms with Crippen molar-refractivity contribution in [1.82, 2.24) is 34.9 Å². The number of piperazine rings is 1. The Balaban J connectivity index is 1.43. The molecule has 34 heavy (non-hydrogen) atoms. The Hall–Kier alpha value is -3.53. The molecule has 0 radical (unpaired) electrons. The molecule has 1 saturated heterocycles. The summed E-state index contributed by atoms with van der Waals surface area (Å²) in [6, 6.07) is 4.04. The van der Waals surface area contributed by atoms with E-state index in [9.17, 15) is 4.79 Å². The number of nitrogens with one attached hydrogen (secondary N) is 2. The van der Waals surface area contributed by atoms with E-state index in [4.69, 9.17) is 4.98 Å². The van der Waals surface area contributed by atoms with Crippen LogP contribution >= 0.6 is 0 Å². The summed E-state index contributed by atoms with van der Waals surface area (Å²) in [6.07, 6.45) is 4.48. The Morgan fingerprint density at radius 2 is 1.82 bits per heavy atom. The van der Waals surface area contributed by atoms with Crippen LogP contribution in [0.15, 0.2) is 24.5 Å². The monoisotopic (exact) mass is 461 g/mol. The van der Waals surface area contributed by atoms with Crippen molar-refractivity contribution in [3.05, 3.63) is 41.3 Å². The summed E-state index contributed by atoms with van der Waals surface area (Å²) in [5.41, 5.74) is 4.91. The minimum absolute atomic E-state index is 0.189. The zero-order valence-electron chi connectivity index (χ0n) is 20.4. The molecule has 1 amide bonds. The number of anilines is 3. The number of pyridine rings is 1. The fourth-order valence-electron chi connectivity index (χ4n) is 4.91. The van der Waals surface area contributed by atoms with Crippen molar-refractivity contribution in [3.63, 3.8) is 0 Å². The number of nitrogens with zero attached hydrogens (tertiary/aromatic N) is 7. The first-order valence-corrected chi connectivity index (χ1v) is 11.6. The largest absolute Gasteiger partial charge is 0.368 e. The smallest absolute Gasteiger partial charge is 0.271 e. The molecule has 1 aliphatic carbocycles. The Labute approximate surface area is 199 Å². The van der Waals surface area contributed by atoms with Gasteiger partial charge in [-0.1, -0.05) is 13.8 Å². The zero-order chi connectivity index (χ0) is 24.0. The van der Waals surface area contributed by atoms with Gasteiger partial charge in [0.2, 0.25) is 5.95 Å². The number of rotatable bonds is 4. The fourth-order valence-corrected chi connectivity index (χ4v) is 4.91. The van der Waals surface area contributed by atoms with E-state index in [1.165, 1.54) is 0 Å². The number of carbonyl (C=O) groups excluding carboxylic acids is 1. The third-order valence-electron chi connectivity index (χ3n) is 6.74. The number of fused-ring (bicyclic) bond motifs is 3. The Morgan fingerprint density at radius 3 is 2.50 bits per heavy atom. The van der Waals surface area contributed by atoms with Crippen LogP contribution in [-0.4, -0.2) is 75.8 Å². The fraction of sp³-hybridized carbons (Fsp3) is 0.458. The topological polar surface area (TPSA) is 104 Å². The molecule has 0 unspecified atom stereocenters. The highest BCUT2D eigenvalue weighted by Crippen LogP contribution is 2.43. The van der Waals surface area contributed by atoms with E-state index in [-0.39, 0.29) is 11.3 Å². The molecular formula is C24H31N9O. The summed E-state index contributed by atoms with van der Waals surface area (Å²) in [6.45, 7) is 8.36. The summed E-state index contributed by atoms with van der Waals surface area (Å²) < 4.78 is 1.75. The van der Waals surface area contributed by atoms with Crippen LogP contribution in [0.4, 0.5) is 17.5 Å². The SMILES string of the molecule is CNC(=O)c1nn(C)c2c1C(C)(C)Cc1cnc(Nc3ccc(N4CCN(C)CC4)cn3)nc1-2. The first kappa shape index (κ1) is 22.3. The first-order valence-electron chi connectivity index (χ1n) is 11.6. The first-order chi connectivity index (χ1) is 16.3. The van der Waals surface area contributed by atoms with Crippen LogP contribution in [0.1, 0.15) is 35.5 Å². The molecule has 0 spiro atoms. The summed E-state index contributed by atoms with van der Waals surface area (Å²) in [7, 11) is 5.62. The maximum absolute atomic E-state index is 12.5. The van der Waals surface area contributed by atoms with Gasteiger partial charge in [0.25, 0.3) is 5.91 Å². The average Bonchev–Trinajstić information content (AvgIpc) is 3.18. The van der Waals surface area contributed by atoms with E-state index in [0.29, 0.717) is 17.5 Å². The number of hydrogen-bond acceptors (Lipinski definition) is 8. The van der Waals surface area contributed by atoms with Gasteiger partial charge in [-0.05, 0) is 36.6 Å². The molecule has 178 valence electrons. The van der Waals surface area contributed by atoms with E-state index in [1.54, 1.807) is 11.7 Å². The number of carbonyl (C=O) groups is 1. The molecule has 10 heteroatoms. The number of likely N-dealkylation sites (N-methyl/N-ethyl adjacent to an activating group) is 1. The normalized spacial score (nSPS) is 17.1. The van der Waals surface area contributed by atoms with Crippen LogP contribution in [0.5, 0.6) is 0 Å². The zero-order valence-corrected chi connectivity index (χ0v) is 20.4. The number of aryl methyl sites for hydroxylation is 1. The van der Waals surface area contributed by atoms with Crippen molar-refractivity contribution in [2.24, 2.45) is 7.05 Å². The van der Waals surface area contributed by atoms with E-state index >= 15 is 0 Å². The highest BCUT2D eigenvalue weighted by molar-refractivity contribution is 5.96. The summed E-state index contributed by atoms with van der Waals surface area (Å²) in [5.74, 6) is 0.961. The summed E-state index contributed by atoms with van der Waals surface area (Å²) in [5, 5.41) is 10.5. The van der Waals surface area contributed by atoms with Crippen molar-refractivity contribution in [2.45, 2.75) is 25.7 Å². The molecule has 2 aliphatic rings. The molecule has 0 bridgehead atoms. The lowest BCUT2D eigenvalue weighted by Gasteiger charge is -2.33. The molecule has 3 aromatic rings. The van der Waals surface area contributed by atoms with E-state index in [2.05, 4.69) is 62.5 Å². The van der Waals surface area contributed by atoms with E-state index < -0.39 is 0 Å². The third-order valence-corrected chi connectivity index (χ3v) is 6.74.